The van der Waals surface area contributed by atoms with Crippen LogP contribution in [0.3, 0.4) is 0 Å². The first-order valence-electron chi connectivity index (χ1n) is 4.66. The predicted molar refractivity (Wildman–Crippen MR) is 48.7 cm³/mol. The van der Waals surface area contributed by atoms with Crippen molar-refractivity contribution in [3.8, 4) is 0 Å². The summed E-state index contributed by atoms with van der Waals surface area (Å²) >= 11 is 0. The highest BCUT2D eigenvalue weighted by Gasteiger charge is 2.49. The molecule has 0 saturated carbocycles. The maximum absolute atomic E-state index is 5.54. The molecule has 1 spiro atoms. The van der Waals surface area contributed by atoms with Crippen LogP contribution < -0.4 is 4.90 Å². The van der Waals surface area contributed by atoms with E-state index in [-0.39, 0.29) is 5.60 Å². The molecule has 3 heterocycles. The van der Waals surface area contributed by atoms with Gasteiger partial charge in [-0.2, -0.15) is 5.10 Å². The summed E-state index contributed by atoms with van der Waals surface area (Å²) in [7, 11) is 1.94. The molecule has 2 aliphatic heterocycles. The van der Waals surface area contributed by atoms with Crippen LogP contribution in [-0.2, 0) is 11.8 Å². The summed E-state index contributed by atoms with van der Waals surface area (Å²) in [6.45, 7) is 2.98. The van der Waals surface area contributed by atoms with E-state index >= 15 is 0 Å². The van der Waals surface area contributed by atoms with E-state index in [2.05, 4.69) is 10.00 Å². The second-order valence-electron chi connectivity index (χ2n) is 3.99. The minimum Gasteiger partial charge on any atom is -0.371 e. The van der Waals surface area contributed by atoms with Gasteiger partial charge in [-0.1, -0.05) is 0 Å². The lowest BCUT2D eigenvalue weighted by Crippen LogP contribution is -2.68. The van der Waals surface area contributed by atoms with Gasteiger partial charge in [-0.25, -0.2) is 0 Å². The van der Waals surface area contributed by atoms with Crippen molar-refractivity contribution in [1.29, 1.82) is 0 Å². The zero-order chi connectivity index (χ0) is 8.89. The molecule has 0 radical (unpaired) electrons. The molecule has 1 aromatic rings. The third kappa shape index (κ3) is 0.983. The van der Waals surface area contributed by atoms with Crippen molar-refractivity contribution in [1.82, 2.24) is 9.78 Å². The molecular formula is C9H13N3O. The minimum absolute atomic E-state index is 0.206. The molecule has 4 heteroatoms. The van der Waals surface area contributed by atoms with E-state index in [1.165, 1.54) is 6.42 Å². The maximum Gasteiger partial charge on any atom is 0.150 e. The van der Waals surface area contributed by atoms with Crippen LogP contribution in [0.1, 0.15) is 6.42 Å². The lowest BCUT2D eigenvalue weighted by molar-refractivity contribution is -0.161. The number of aryl methyl sites for hydroxylation is 1. The molecule has 0 N–H and O–H groups in total. The molecule has 70 valence electrons. The Hall–Kier alpha value is -1.03. The smallest absolute Gasteiger partial charge is 0.150 e. The lowest BCUT2D eigenvalue weighted by Gasteiger charge is -2.55. The number of hydrogen-bond acceptors (Lipinski definition) is 3. The standard InChI is InChI=1S/C9H13N3O/c1-11-4-2-8(10-11)12-6-9(7-12)3-5-13-9/h2,4H,3,5-7H2,1H3. The Labute approximate surface area is 77.1 Å². The summed E-state index contributed by atoms with van der Waals surface area (Å²) in [5.41, 5.74) is 0.206. The van der Waals surface area contributed by atoms with Gasteiger partial charge in [-0.05, 0) is 0 Å². The molecule has 1 aromatic heterocycles. The number of rotatable bonds is 1. The highest BCUT2D eigenvalue weighted by molar-refractivity contribution is 5.43. The second kappa shape index (κ2) is 2.26. The molecule has 0 atom stereocenters. The Morgan fingerprint density at radius 2 is 2.31 bits per heavy atom. The van der Waals surface area contributed by atoms with Crippen molar-refractivity contribution in [2.24, 2.45) is 7.05 Å². The van der Waals surface area contributed by atoms with Crippen LogP contribution in [0.2, 0.25) is 0 Å². The van der Waals surface area contributed by atoms with Crippen LogP contribution in [0.5, 0.6) is 0 Å². The van der Waals surface area contributed by atoms with Crippen molar-refractivity contribution >= 4 is 5.82 Å². The third-order valence-electron chi connectivity index (χ3n) is 2.95. The largest absolute Gasteiger partial charge is 0.371 e. The Kier molecular flexibility index (Phi) is 1.28. The van der Waals surface area contributed by atoms with E-state index in [1.807, 2.05) is 24.0 Å². The highest BCUT2D eigenvalue weighted by atomic mass is 16.5. The minimum atomic E-state index is 0.206. The van der Waals surface area contributed by atoms with Gasteiger partial charge >= 0.3 is 0 Å². The molecule has 0 aromatic carbocycles. The predicted octanol–water partition coefficient (Wildman–Crippen LogP) is 0.399. The van der Waals surface area contributed by atoms with Crippen molar-refractivity contribution in [3.63, 3.8) is 0 Å². The summed E-state index contributed by atoms with van der Waals surface area (Å²) < 4.78 is 7.37. The van der Waals surface area contributed by atoms with Crippen LogP contribution in [-0.4, -0.2) is 35.1 Å². The molecule has 0 unspecified atom stereocenters. The monoisotopic (exact) mass is 179 g/mol. The molecule has 0 aliphatic carbocycles. The highest BCUT2D eigenvalue weighted by Crippen LogP contribution is 2.37. The van der Waals surface area contributed by atoms with Crippen LogP contribution in [0.4, 0.5) is 5.82 Å². The summed E-state index contributed by atoms with van der Waals surface area (Å²) in [4.78, 5) is 2.26. The second-order valence-corrected chi connectivity index (χ2v) is 3.99. The molecule has 4 nitrogen and oxygen atoms in total. The van der Waals surface area contributed by atoms with Crippen LogP contribution >= 0.6 is 0 Å². The molecule has 2 aliphatic rings. The molecule has 0 amide bonds. The molecular weight excluding hydrogens is 166 g/mol. The fraction of sp³-hybridized carbons (Fsp3) is 0.667. The SMILES string of the molecule is Cn1ccc(N2CC3(CCO3)C2)n1. The van der Waals surface area contributed by atoms with Gasteiger partial charge in [-0.15, -0.1) is 0 Å². The number of ether oxygens (including phenoxy) is 1. The van der Waals surface area contributed by atoms with Crippen molar-refractivity contribution in [2.75, 3.05) is 24.6 Å². The first-order valence-corrected chi connectivity index (χ1v) is 4.66. The van der Waals surface area contributed by atoms with E-state index in [0.717, 1.165) is 25.5 Å². The van der Waals surface area contributed by atoms with E-state index < -0.39 is 0 Å². The summed E-state index contributed by atoms with van der Waals surface area (Å²) in [5.74, 6) is 1.07. The lowest BCUT2D eigenvalue weighted by atomic mass is 9.86. The topological polar surface area (TPSA) is 30.3 Å². The molecule has 0 bridgehead atoms. The summed E-state index contributed by atoms with van der Waals surface area (Å²) in [5, 5.41) is 4.34. The van der Waals surface area contributed by atoms with E-state index in [0.29, 0.717) is 0 Å². The average molecular weight is 179 g/mol. The van der Waals surface area contributed by atoms with Gasteiger partial charge < -0.3 is 9.64 Å². The van der Waals surface area contributed by atoms with Crippen molar-refractivity contribution < 1.29 is 4.74 Å². The zero-order valence-corrected chi connectivity index (χ0v) is 7.73. The van der Waals surface area contributed by atoms with Crippen LogP contribution in [0, 0.1) is 0 Å². The van der Waals surface area contributed by atoms with Crippen LogP contribution in [0.15, 0.2) is 12.3 Å². The van der Waals surface area contributed by atoms with Gasteiger partial charge in [0.1, 0.15) is 5.60 Å². The van der Waals surface area contributed by atoms with Crippen molar-refractivity contribution in [3.05, 3.63) is 12.3 Å². The fourth-order valence-electron chi connectivity index (χ4n) is 2.02. The van der Waals surface area contributed by atoms with Crippen LogP contribution in [0.25, 0.3) is 0 Å². The summed E-state index contributed by atoms with van der Waals surface area (Å²) in [6, 6.07) is 2.05. The Morgan fingerprint density at radius 3 is 2.77 bits per heavy atom. The number of hydrogen-bond donors (Lipinski definition) is 0. The van der Waals surface area contributed by atoms with Gasteiger partial charge in [0.2, 0.25) is 0 Å². The van der Waals surface area contributed by atoms with Gasteiger partial charge in [0, 0.05) is 25.7 Å². The zero-order valence-electron chi connectivity index (χ0n) is 7.73. The molecule has 3 rings (SSSR count). The number of nitrogens with zero attached hydrogens (tertiary/aromatic N) is 3. The van der Waals surface area contributed by atoms with E-state index in [1.54, 1.807) is 0 Å². The Bertz CT molecular complexity index is 321. The maximum atomic E-state index is 5.54. The van der Waals surface area contributed by atoms with E-state index in [4.69, 9.17) is 4.74 Å². The normalized spacial score (nSPS) is 24.2. The number of aromatic nitrogens is 2. The van der Waals surface area contributed by atoms with Gasteiger partial charge in [0.25, 0.3) is 0 Å². The Balaban J connectivity index is 1.70. The molecule has 13 heavy (non-hydrogen) atoms. The third-order valence-corrected chi connectivity index (χ3v) is 2.95. The first-order chi connectivity index (χ1) is 6.27. The van der Waals surface area contributed by atoms with Gasteiger partial charge in [-0.3, -0.25) is 4.68 Å². The first kappa shape index (κ1) is 7.38. The number of anilines is 1. The fourth-order valence-corrected chi connectivity index (χ4v) is 2.02. The van der Waals surface area contributed by atoms with Crippen molar-refractivity contribution in [2.45, 2.75) is 12.0 Å². The quantitative estimate of drug-likeness (QED) is 0.625. The molecule has 2 saturated heterocycles. The Morgan fingerprint density at radius 1 is 1.54 bits per heavy atom. The molecule has 2 fully saturated rings. The van der Waals surface area contributed by atoms with Gasteiger partial charge in [0.05, 0.1) is 19.7 Å². The average Bonchev–Trinajstić information content (AvgIpc) is 2.29. The summed E-state index contributed by atoms with van der Waals surface area (Å²) in [6.07, 6.45) is 3.19. The van der Waals surface area contributed by atoms with E-state index in [9.17, 15) is 0 Å². The van der Waals surface area contributed by atoms with Gasteiger partial charge in [0.15, 0.2) is 5.82 Å².